The van der Waals surface area contributed by atoms with Gasteiger partial charge in [-0.25, -0.2) is 14.4 Å². The van der Waals surface area contributed by atoms with Gasteiger partial charge in [-0.3, -0.25) is 9.20 Å². The van der Waals surface area contributed by atoms with Crippen LogP contribution in [0.25, 0.3) is 16.9 Å². The van der Waals surface area contributed by atoms with Crippen LogP contribution < -0.4 is 11.1 Å². The number of benzene rings is 2. The molecular formula is C20H13F4N5O. The van der Waals surface area contributed by atoms with Crippen LogP contribution in [0.2, 0.25) is 0 Å². The Morgan fingerprint density at radius 1 is 1.10 bits per heavy atom. The average Bonchev–Trinajstić information content (AvgIpc) is 3.13. The van der Waals surface area contributed by atoms with Gasteiger partial charge in [0.2, 0.25) is 0 Å². The molecule has 0 aliphatic rings. The van der Waals surface area contributed by atoms with Gasteiger partial charge in [-0.1, -0.05) is 12.1 Å². The number of nitrogens with zero attached hydrogens (tertiary/aromatic N) is 3. The molecule has 152 valence electrons. The number of nitrogen functional groups attached to an aromatic ring is 1. The van der Waals surface area contributed by atoms with Crippen LogP contribution in [0.3, 0.4) is 0 Å². The molecule has 2 heterocycles. The van der Waals surface area contributed by atoms with Crippen molar-refractivity contribution in [1.29, 1.82) is 0 Å². The normalized spacial score (nSPS) is 11.6. The minimum absolute atomic E-state index is 0.255. The maximum atomic E-state index is 13.4. The second-order valence-electron chi connectivity index (χ2n) is 6.38. The van der Waals surface area contributed by atoms with Crippen LogP contribution in [0.5, 0.6) is 0 Å². The quantitative estimate of drug-likeness (QED) is 0.486. The molecule has 4 aromatic rings. The first-order valence-electron chi connectivity index (χ1n) is 8.60. The summed E-state index contributed by atoms with van der Waals surface area (Å²) in [6, 6.07) is 8.74. The lowest BCUT2D eigenvalue weighted by molar-refractivity contribution is -0.140. The van der Waals surface area contributed by atoms with Crippen molar-refractivity contribution >= 4 is 23.1 Å². The summed E-state index contributed by atoms with van der Waals surface area (Å²) in [6.45, 7) is 0. The lowest BCUT2D eigenvalue weighted by atomic mass is 10.1. The number of aromatic nitrogens is 3. The van der Waals surface area contributed by atoms with Crippen molar-refractivity contribution in [2.24, 2.45) is 0 Å². The predicted molar refractivity (Wildman–Crippen MR) is 102 cm³/mol. The largest absolute Gasteiger partial charge is 0.419 e. The zero-order chi connectivity index (χ0) is 21.5. The number of anilines is 2. The molecule has 0 aliphatic carbocycles. The van der Waals surface area contributed by atoms with E-state index in [0.717, 1.165) is 6.07 Å². The number of amides is 1. The van der Waals surface area contributed by atoms with Gasteiger partial charge in [0.25, 0.3) is 5.91 Å². The third-order valence-electron chi connectivity index (χ3n) is 4.41. The van der Waals surface area contributed by atoms with Gasteiger partial charge in [-0.05, 0) is 30.3 Å². The van der Waals surface area contributed by atoms with Crippen molar-refractivity contribution in [2.45, 2.75) is 6.18 Å². The number of halogens is 4. The molecule has 0 radical (unpaired) electrons. The number of nitrogens with one attached hydrogen (secondary N) is 1. The summed E-state index contributed by atoms with van der Waals surface area (Å²) in [5.74, 6) is -1.99. The first-order valence-corrected chi connectivity index (χ1v) is 8.60. The van der Waals surface area contributed by atoms with Gasteiger partial charge in [0.05, 0.1) is 17.5 Å². The second kappa shape index (κ2) is 7.14. The van der Waals surface area contributed by atoms with E-state index in [-0.39, 0.29) is 11.4 Å². The van der Waals surface area contributed by atoms with Crippen LogP contribution in [-0.2, 0) is 6.18 Å². The number of hydrogen-bond acceptors (Lipinski definition) is 4. The predicted octanol–water partition coefficient (Wildman–Crippen LogP) is 4.39. The highest BCUT2D eigenvalue weighted by Crippen LogP contribution is 2.32. The van der Waals surface area contributed by atoms with Gasteiger partial charge >= 0.3 is 6.18 Å². The van der Waals surface area contributed by atoms with Crippen molar-refractivity contribution in [1.82, 2.24) is 14.4 Å². The fourth-order valence-corrected chi connectivity index (χ4v) is 3.00. The van der Waals surface area contributed by atoms with Crippen molar-refractivity contribution in [3.8, 4) is 11.3 Å². The van der Waals surface area contributed by atoms with Crippen LogP contribution in [0.1, 0.15) is 15.9 Å². The number of hydrogen-bond donors (Lipinski definition) is 2. The maximum Gasteiger partial charge on any atom is 0.419 e. The van der Waals surface area contributed by atoms with E-state index in [1.165, 1.54) is 6.20 Å². The Morgan fingerprint density at radius 3 is 2.67 bits per heavy atom. The molecule has 0 atom stereocenters. The highest BCUT2D eigenvalue weighted by atomic mass is 19.4. The molecule has 0 spiro atoms. The van der Waals surface area contributed by atoms with Crippen molar-refractivity contribution in [3.63, 3.8) is 0 Å². The Kier molecular flexibility index (Phi) is 4.61. The van der Waals surface area contributed by atoms with Crippen molar-refractivity contribution in [2.75, 3.05) is 11.1 Å². The van der Waals surface area contributed by atoms with Crippen LogP contribution in [0.4, 0.5) is 29.1 Å². The lowest BCUT2D eigenvalue weighted by Gasteiger charge is -2.11. The molecule has 0 saturated heterocycles. The minimum atomic E-state index is -4.90. The fraction of sp³-hybridized carbons (Fsp3) is 0.0500. The number of carbonyl (C=O) groups is 1. The van der Waals surface area contributed by atoms with Gasteiger partial charge in [0, 0.05) is 29.2 Å². The Morgan fingerprint density at radius 2 is 1.90 bits per heavy atom. The third kappa shape index (κ3) is 3.54. The Balaban J connectivity index is 1.64. The number of alkyl halides is 3. The molecule has 4 rings (SSSR count). The van der Waals surface area contributed by atoms with Crippen LogP contribution in [0, 0.1) is 5.82 Å². The van der Waals surface area contributed by atoms with Gasteiger partial charge in [0.1, 0.15) is 5.82 Å². The molecule has 10 heteroatoms. The molecule has 0 bridgehead atoms. The molecule has 2 aromatic carbocycles. The Bertz CT molecular complexity index is 1270. The highest BCUT2D eigenvalue weighted by molar-refractivity contribution is 6.04. The van der Waals surface area contributed by atoms with Gasteiger partial charge in [0.15, 0.2) is 11.5 Å². The third-order valence-corrected chi connectivity index (χ3v) is 4.41. The molecule has 0 unspecified atom stereocenters. The lowest BCUT2D eigenvalue weighted by Crippen LogP contribution is -2.15. The van der Waals surface area contributed by atoms with Gasteiger partial charge in [-0.2, -0.15) is 13.2 Å². The molecule has 3 N–H and O–H groups in total. The van der Waals surface area contributed by atoms with E-state index >= 15 is 0 Å². The Labute approximate surface area is 167 Å². The van der Waals surface area contributed by atoms with Crippen molar-refractivity contribution in [3.05, 3.63) is 78.0 Å². The molecule has 6 nitrogen and oxygen atoms in total. The molecular weight excluding hydrogens is 402 g/mol. The number of imidazole rings is 1. The minimum Gasteiger partial charge on any atom is -0.381 e. The van der Waals surface area contributed by atoms with E-state index < -0.39 is 23.5 Å². The number of carbonyl (C=O) groups excluding carboxylic acids is 1. The zero-order valence-corrected chi connectivity index (χ0v) is 15.1. The van der Waals surface area contributed by atoms with E-state index in [9.17, 15) is 22.4 Å². The second-order valence-corrected chi connectivity index (χ2v) is 6.38. The SMILES string of the molecule is Nc1nccn2c(-c3cccc(NC(=O)c4ccc(F)c(C(F)(F)F)c4)c3)cnc12. The monoisotopic (exact) mass is 415 g/mol. The summed E-state index contributed by atoms with van der Waals surface area (Å²) in [4.78, 5) is 20.6. The van der Waals surface area contributed by atoms with Crippen LogP contribution in [-0.4, -0.2) is 20.3 Å². The zero-order valence-electron chi connectivity index (χ0n) is 15.1. The number of nitrogens with two attached hydrogens (primary N) is 1. The number of rotatable bonds is 3. The van der Waals surface area contributed by atoms with Gasteiger partial charge < -0.3 is 11.1 Å². The first kappa shape index (κ1) is 19.4. The summed E-state index contributed by atoms with van der Waals surface area (Å²) in [7, 11) is 0. The van der Waals surface area contributed by atoms with E-state index in [0.29, 0.717) is 34.7 Å². The molecule has 2 aromatic heterocycles. The van der Waals surface area contributed by atoms with E-state index in [4.69, 9.17) is 5.73 Å². The topological polar surface area (TPSA) is 85.3 Å². The Hall–Kier alpha value is -3.95. The maximum absolute atomic E-state index is 13.4. The van der Waals surface area contributed by atoms with E-state index in [1.54, 1.807) is 41.1 Å². The smallest absolute Gasteiger partial charge is 0.381 e. The number of fused-ring (bicyclic) bond motifs is 1. The highest BCUT2D eigenvalue weighted by Gasteiger charge is 2.34. The van der Waals surface area contributed by atoms with E-state index in [1.807, 2.05) is 0 Å². The summed E-state index contributed by atoms with van der Waals surface area (Å²) >= 11 is 0. The van der Waals surface area contributed by atoms with E-state index in [2.05, 4.69) is 15.3 Å². The fourth-order valence-electron chi connectivity index (χ4n) is 3.00. The molecule has 0 saturated carbocycles. The summed E-state index contributed by atoms with van der Waals surface area (Å²) in [5.41, 5.74) is 6.15. The summed E-state index contributed by atoms with van der Waals surface area (Å²) < 4.78 is 53.8. The van der Waals surface area contributed by atoms with Crippen molar-refractivity contribution < 1.29 is 22.4 Å². The summed E-state index contributed by atoms with van der Waals surface area (Å²) in [5, 5.41) is 2.52. The average molecular weight is 415 g/mol. The molecule has 0 fully saturated rings. The van der Waals surface area contributed by atoms with Crippen LogP contribution >= 0.6 is 0 Å². The van der Waals surface area contributed by atoms with Gasteiger partial charge in [-0.15, -0.1) is 0 Å². The van der Waals surface area contributed by atoms with Crippen LogP contribution in [0.15, 0.2) is 61.1 Å². The molecule has 0 aliphatic heterocycles. The first-order chi connectivity index (χ1) is 14.2. The molecule has 30 heavy (non-hydrogen) atoms. The molecule has 1 amide bonds. The summed E-state index contributed by atoms with van der Waals surface area (Å²) in [6.07, 6.45) is -0.119. The standard InChI is InChI=1S/C20H13F4N5O/c21-15-5-4-12(9-14(15)20(22,23)24)19(30)28-13-3-1-2-11(8-13)16-10-27-18-17(25)26-6-7-29(16)18/h1-10H,(H2,25,26)(H,28,30).